The van der Waals surface area contributed by atoms with E-state index in [0.717, 1.165) is 0 Å². The maximum Gasteiger partial charge on any atom is 0.263 e. The number of nitrogens with zero attached hydrogens (tertiary/aromatic N) is 3. The largest absolute Gasteiger partial charge is 0.384 e. The number of nitrogen functional groups attached to an aromatic ring is 1. The van der Waals surface area contributed by atoms with Crippen LogP contribution in [-0.2, 0) is 0 Å². The van der Waals surface area contributed by atoms with E-state index in [1.165, 1.54) is 6.20 Å². The molecule has 0 spiro atoms. The number of aryl methyl sites for hydroxylation is 1. The van der Waals surface area contributed by atoms with Gasteiger partial charge in [-0.25, -0.2) is 4.98 Å². The highest BCUT2D eigenvalue weighted by Gasteiger charge is 2.10. The molecule has 2 rings (SSSR count). The van der Waals surface area contributed by atoms with Crippen LogP contribution in [0, 0.1) is 11.7 Å². The minimum atomic E-state index is 0.322. The summed E-state index contributed by atoms with van der Waals surface area (Å²) in [7, 11) is 0. The van der Waals surface area contributed by atoms with Gasteiger partial charge in [-0.15, -0.1) is 0 Å². The Kier molecular flexibility index (Phi) is 2.01. The molecule has 0 saturated carbocycles. The van der Waals surface area contributed by atoms with E-state index in [1.807, 2.05) is 0 Å². The molecule has 0 atom stereocenters. The van der Waals surface area contributed by atoms with Crippen LogP contribution in [0.5, 0.6) is 0 Å². The van der Waals surface area contributed by atoms with Crippen LogP contribution in [0.25, 0.3) is 11.5 Å². The number of H-pyrrole nitrogens is 1. The maximum absolute atomic E-state index is 5.67. The third-order valence-corrected chi connectivity index (χ3v) is 1.81. The smallest absolute Gasteiger partial charge is 0.263 e. The Labute approximate surface area is 84.2 Å². The fourth-order valence-corrected chi connectivity index (χ4v) is 1.15. The molecule has 0 fully saturated rings. The zero-order valence-electron chi connectivity index (χ0n) is 7.31. The van der Waals surface area contributed by atoms with E-state index in [0.29, 0.717) is 27.9 Å². The minimum absolute atomic E-state index is 0.322. The van der Waals surface area contributed by atoms with E-state index in [1.54, 1.807) is 6.92 Å². The van der Waals surface area contributed by atoms with Crippen LogP contribution >= 0.6 is 12.2 Å². The SMILES string of the molecule is Cc1noc(-c2cnc(=S)[nH]c2N)n1. The van der Waals surface area contributed by atoms with Crippen LogP contribution in [0.1, 0.15) is 5.82 Å². The molecule has 6 nitrogen and oxygen atoms in total. The summed E-state index contributed by atoms with van der Waals surface area (Å²) in [5, 5.41) is 3.65. The fourth-order valence-electron chi connectivity index (χ4n) is 0.984. The standard InChI is InChI=1S/C7H7N5OS/c1-3-10-6(13-12-3)4-2-9-7(14)11-5(4)8/h2H,1H3,(H3,8,9,11,14). The summed E-state index contributed by atoms with van der Waals surface area (Å²) in [5.74, 6) is 1.24. The van der Waals surface area contributed by atoms with Crippen molar-refractivity contribution in [2.24, 2.45) is 0 Å². The Balaban J connectivity index is 2.57. The van der Waals surface area contributed by atoms with Crippen molar-refractivity contribution in [3.63, 3.8) is 0 Å². The summed E-state index contributed by atoms with van der Waals surface area (Å²) in [5.41, 5.74) is 6.23. The number of hydrogen-bond donors (Lipinski definition) is 2. The van der Waals surface area contributed by atoms with Crippen LogP contribution in [0.2, 0.25) is 0 Å². The van der Waals surface area contributed by atoms with Gasteiger partial charge in [0.1, 0.15) is 5.82 Å². The molecule has 0 radical (unpaired) electrons. The maximum atomic E-state index is 5.67. The predicted octanol–water partition coefficient (Wildman–Crippen LogP) is 1.08. The molecule has 0 aliphatic carbocycles. The lowest BCUT2D eigenvalue weighted by atomic mass is 10.3. The van der Waals surface area contributed by atoms with Gasteiger partial charge in [-0.1, -0.05) is 5.16 Å². The quantitative estimate of drug-likeness (QED) is 0.682. The van der Waals surface area contributed by atoms with Gasteiger partial charge in [-0.3, -0.25) is 0 Å². The first-order valence-electron chi connectivity index (χ1n) is 3.82. The van der Waals surface area contributed by atoms with E-state index in [9.17, 15) is 0 Å². The zero-order valence-corrected chi connectivity index (χ0v) is 8.13. The molecular weight excluding hydrogens is 202 g/mol. The second kappa shape index (κ2) is 3.18. The summed E-state index contributed by atoms with van der Waals surface area (Å²) in [6, 6.07) is 0. The van der Waals surface area contributed by atoms with Crippen molar-refractivity contribution < 1.29 is 4.52 Å². The van der Waals surface area contributed by atoms with Crippen molar-refractivity contribution in [2.75, 3.05) is 5.73 Å². The van der Waals surface area contributed by atoms with Gasteiger partial charge in [0.25, 0.3) is 5.89 Å². The average molecular weight is 209 g/mol. The van der Waals surface area contributed by atoms with E-state index in [2.05, 4.69) is 20.1 Å². The number of rotatable bonds is 1. The number of aromatic amines is 1. The summed E-state index contributed by atoms with van der Waals surface area (Å²) < 4.78 is 5.26. The lowest BCUT2D eigenvalue weighted by Gasteiger charge is -1.97. The van der Waals surface area contributed by atoms with Gasteiger partial charge in [0.15, 0.2) is 10.6 Å². The molecule has 0 bridgehead atoms. The van der Waals surface area contributed by atoms with Gasteiger partial charge in [-0.05, 0) is 19.1 Å². The minimum Gasteiger partial charge on any atom is -0.384 e. The van der Waals surface area contributed by atoms with Gasteiger partial charge >= 0.3 is 0 Å². The van der Waals surface area contributed by atoms with Crippen LogP contribution in [0.15, 0.2) is 10.7 Å². The van der Waals surface area contributed by atoms with E-state index in [-0.39, 0.29) is 0 Å². The summed E-state index contributed by atoms with van der Waals surface area (Å²) in [6.45, 7) is 1.72. The van der Waals surface area contributed by atoms with Gasteiger partial charge in [0.05, 0.1) is 5.56 Å². The molecule has 0 amide bonds. The predicted molar refractivity (Wildman–Crippen MR) is 51.9 cm³/mol. The third kappa shape index (κ3) is 1.49. The lowest BCUT2D eigenvalue weighted by Crippen LogP contribution is -1.96. The molecular formula is C7H7N5OS. The summed E-state index contributed by atoms with van der Waals surface area (Å²) in [4.78, 5) is 10.6. The molecule has 7 heteroatoms. The van der Waals surface area contributed by atoms with Gasteiger partial charge in [-0.2, -0.15) is 4.98 Å². The zero-order chi connectivity index (χ0) is 10.1. The Morgan fingerprint density at radius 3 is 2.93 bits per heavy atom. The van der Waals surface area contributed by atoms with Crippen molar-refractivity contribution in [1.82, 2.24) is 20.1 Å². The Morgan fingerprint density at radius 2 is 2.36 bits per heavy atom. The Morgan fingerprint density at radius 1 is 1.57 bits per heavy atom. The first kappa shape index (κ1) is 8.82. The third-order valence-electron chi connectivity index (χ3n) is 1.60. The first-order chi connectivity index (χ1) is 6.66. The molecule has 3 N–H and O–H groups in total. The molecule has 72 valence electrons. The lowest BCUT2D eigenvalue weighted by molar-refractivity contribution is 0.425. The molecule has 0 aliphatic heterocycles. The number of nitrogens with two attached hydrogens (primary N) is 1. The van der Waals surface area contributed by atoms with Gasteiger partial charge in [0, 0.05) is 6.20 Å². The average Bonchev–Trinajstić information content (AvgIpc) is 2.51. The monoisotopic (exact) mass is 209 g/mol. The molecule has 0 aliphatic rings. The molecule has 0 unspecified atom stereocenters. The van der Waals surface area contributed by atoms with Gasteiger partial charge < -0.3 is 15.2 Å². The molecule has 2 aromatic heterocycles. The van der Waals surface area contributed by atoms with Crippen molar-refractivity contribution in [3.8, 4) is 11.5 Å². The molecule has 0 aromatic carbocycles. The van der Waals surface area contributed by atoms with Crippen LogP contribution < -0.4 is 5.73 Å². The molecule has 0 saturated heterocycles. The van der Waals surface area contributed by atoms with E-state index >= 15 is 0 Å². The molecule has 14 heavy (non-hydrogen) atoms. The number of aromatic nitrogens is 4. The molecule has 2 heterocycles. The Hall–Kier alpha value is -1.76. The highest BCUT2D eigenvalue weighted by molar-refractivity contribution is 7.71. The second-order valence-corrected chi connectivity index (χ2v) is 3.05. The van der Waals surface area contributed by atoms with Crippen LogP contribution in [-0.4, -0.2) is 20.1 Å². The summed E-state index contributed by atoms with van der Waals surface area (Å²) >= 11 is 4.80. The van der Waals surface area contributed by atoms with Crippen LogP contribution in [0.4, 0.5) is 5.82 Å². The molecule has 2 aromatic rings. The number of hydrogen-bond acceptors (Lipinski definition) is 6. The number of anilines is 1. The van der Waals surface area contributed by atoms with Gasteiger partial charge in [0.2, 0.25) is 0 Å². The summed E-state index contributed by atoms with van der Waals surface area (Å²) in [6.07, 6.45) is 1.50. The van der Waals surface area contributed by atoms with Crippen molar-refractivity contribution in [2.45, 2.75) is 6.92 Å². The highest BCUT2D eigenvalue weighted by Crippen LogP contribution is 2.20. The van der Waals surface area contributed by atoms with Crippen LogP contribution in [0.3, 0.4) is 0 Å². The highest BCUT2D eigenvalue weighted by atomic mass is 32.1. The Bertz CT molecular complexity index is 517. The topological polar surface area (TPSA) is 93.6 Å². The van der Waals surface area contributed by atoms with Crippen molar-refractivity contribution >= 4 is 18.0 Å². The van der Waals surface area contributed by atoms with Crippen molar-refractivity contribution in [1.29, 1.82) is 0 Å². The van der Waals surface area contributed by atoms with E-state index < -0.39 is 0 Å². The normalized spacial score (nSPS) is 10.4. The fraction of sp³-hybridized carbons (Fsp3) is 0.143. The number of nitrogens with one attached hydrogen (secondary N) is 1. The van der Waals surface area contributed by atoms with E-state index in [4.69, 9.17) is 22.5 Å². The van der Waals surface area contributed by atoms with Crippen molar-refractivity contribution in [3.05, 3.63) is 16.8 Å². The second-order valence-electron chi connectivity index (χ2n) is 2.66. The first-order valence-corrected chi connectivity index (χ1v) is 4.23.